The monoisotopic (exact) mass is 210 g/mol. The van der Waals surface area contributed by atoms with Gasteiger partial charge in [0, 0.05) is 12.6 Å². The summed E-state index contributed by atoms with van der Waals surface area (Å²) in [6.45, 7) is 6.32. The van der Waals surface area contributed by atoms with Gasteiger partial charge in [-0.25, -0.2) is 0 Å². The molecule has 0 radical (unpaired) electrons. The molecule has 2 rings (SSSR count). The van der Waals surface area contributed by atoms with Crippen molar-refractivity contribution in [2.75, 3.05) is 33.7 Å². The Bertz CT molecular complexity index is 191. The summed E-state index contributed by atoms with van der Waals surface area (Å²) in [6, 6.07) is 0.902. The van der Waals surface area contributed by atoms with E-state index in [-0.39, 0.29) is 0 Å². The van der Waals surface area contributed by atoms with Crippen LogP contribution in [0.25, 0.3) is 0 Å². The highest BCUT2D eigenvalue weighted by molar-refractivity contribution is 4.85. The van der Waals surface area contributed by atoms with Gasteiger partial charge in [-0.05, 0) is 64.7 Å². The first-order valence-electron chi connectivity index (χ1n) is 6.54. The highest BCUT2D eigenvalue weighted by Gasteiger charge is 2.30. The number of rotatable bonds is 3. The molecule has 0 aromatic carbocycles. The van der Waals surface area contributed by atoms with Crippen LogP contribution in [0.5, 0.6) is 0 Å². The van der Waals surface area contributed by atoms with Crippen LogP contribution in [0.4, 0.5) is 0 Å². The smallest absolute Gasteiger partial charge is 0.00974 e. The normalized spacial score (nSPS) is 34.4. The van der Waals surface area contributed by atoms with Gasteiger partial charge in [-0.3, -0.25) is 0 Å². The predicted molar refractivity (Wildman–Crippen MR) is 65.0 cm³/mol. The van der Waals surface area contributed by atoms with Gasteiger partial charge in [-0.2, -0.15) is 0 Å². The molecule has 0 aromatic rings. The van der Waals surface area contributed by atoms with Crippen LogP contribution in [0.3, 0.4) is 0 Å². The first-order chi connectivity index (χ1) is 7.15. The second-order valence-corrected chi connectivity index (χ2v) is 5.92. The third-order valence-electron chi connectivity index (χ3n) is 4.36. The zero-order valence-electron chi connectivity index (χ0n) is 10.6. The van der Waals surface area contributed by atoms with Crippen LogP contribution in [-0.2, 0) is 0 Å². The topological polar surface area (TPSA) is 6.48 Å². The van der Waals surface area contributed by atoms with Gasteiger partial charge in [0.05, 0.1) is 0 Å². The summed E-state index contributed by atoms with van der Waals surface area (Å²) in [5, 5.41) is 0. The molecule has 0 unspecified atom stereocenters. The molecule has 2 fully saturated rings. The van der Waals surface area contributed by atoms with Crippen LogP contribution in [0.15, 0.2) is 0 Å². The maximum Gasteiger partial charge on any atom is 0.00974 e. The molecule has 0 N–H and O–H groups in total. The minimum absolute atomic E-state index is 0.902. The van der Waals surface area contributed by atoms with Crippen LogP contribution >= 0.6 is 0 Å². The van der Waals surface area contributed by atoms with Crippen molar-refractivity contribution in [1.82, 2.24) is 9.80 Å². The predicted octanol–water partition coefficient (Wildman–Crippen LogP) is 2.06. The molecule has 0 spiro atoms. The number of piperidine rings is 1. The zero-order valence-corrected chi connectivity index (χ0v) is 10.6. The highest BCUT2D eigenvalue weighted by Crippen LogP contribution is 2.31. The summed E-state index contributed by atoms with van der Waals surface area (Å²) in [5.41, 5.74) is 0. The quantitative estimate of drug-likeness (QED) is 0.703. The zero-order chi connectivity index (χ0) is 10.8. The second-order valence-electron chi connectivity index (χ2n) is 5.92. The fraction of sp³-hybridized carbons (Fsp3) is 1.00. The van der Waals surface area contributed by atoms with E-state index < -0.39 is 0 Å². The van der Waals surface area contributed by atoms with Crippen LogP contribution in [0.2, 0.25) is 0 Å². The van der Waals surface area contributed by atoms with Crippen molar-refractivity contribution in [3.05, 3.63) is 0 Å². The van der Waals surface area contributed by atoms with Crippen LogP contribution in [-0.4, -0.2) is 49.6 Å². The molecule has 0 atom stereocenters. The Balaban J connectivity index is 1.68. The van der Waals surface area contributed by atoms with E-state index in [1.165, 1.54) is 45.3 Å². The fourth-order valence-electron chi connectivity index (χ4n) is 3.02. The van der Waals surface area contributed by atoms with Crippen molar-refractivity contribution < 1.29 is 0 Å². The first kappa shape index (κ1) is 11.4. The summed E-state index contributed by atoms with van der Waals surface area (Å²) in [5.74, 6) is 1.94. The van der Waals surface area contributed by atoms with Gasteiger partial charge in [0.15, 0.2) is 0 Å². The fourth-order valence-corrected chi connectivity index (χ4v) is 3.02. The van der Waals surface area contributed by atoms with E-state index in [4.69, 9.17) is 0 Å². The van der Waals surface area contributed by atoms with Gasteiger partial charge in [0.2, 0.25) is 0 Å². The van der Waals surface area contributed by atoms with E-state index in [9.17, 15) is 0 Å². The molecule has 88 valence electrons. The molecule has 0 amide bonds. The van der Waals surface area contributed by atoms with E-state index in [1.807, 2.05) is 0 Å². The van der Waals surface area contributed by atoms with Gasteiger partial charge < -0.3 is 9.80 Å². The molecule has 0 bridgehead atoms. The molecule has 1 saturated heterocycles. The van der Waals surface area contributed by atoms with Crippen LogP contribution in [0.1, 0.15) is 32.6 Å². The standard InChI is InChI=1S/C13H26N2/c1-11-8-13(9-11)15(3)10-12-4-6-14(2)7-5-12/h11-13H,4-10H2,1-3H3/t11-,13+. The Morgan fingerprint density at radius 2 is 1.80 bits per heavy atom. The van der Waals surface area contributed by atoms with Crippen molar-refractivity contribution in [1.29, 1.82) is 0 Å². The Hall–Kier alpha value is -0.0800. The average molecular weight is 210 g/mol. The van der Waals surface area contributed by atoms with Crippen LogP contribution in [0, 0.1) is 11.8 Å². The Kier molecular flexibility index (Phi) is 3.68. The lowest BCUT2D eigenvalue weighted by Crippen LogP contribution is -2.45. The summed E-state index contributed by atoms with van der Waals surface area (Å²) in [4.78, 5) is 5.08. The highest BCUT2D eigenvalue weighted by atomic mass is 15.1. The number of likely N-dealkylation sites (tertiary alicyclic amines) is 1. The maximum absolute atomic E-state index is 2.62. The molecular formula is C13H26N2. The van der Waals surface area contributed by atoms with Gasteiger partial charge in [0.1, 0.15) is 0 Å². The maximum atomic E-state index is 2.62. The molecule has 1 saturated carbocycles. The lowest BCUT2D eigenvalue weighted by molar-refractivity contribution is 0.0806. The van der Waals surface area contributed by atoms with Gasteiger partial charge >= 0.3 is 0 Å². The molecular weight excluding hydrogens is 184 g/mol. The summed E-state index contributed by atoms with van der Waals surface area (Å²) in [7, 11) is 4.57. The van der Waals surface area contributed by atoms with Crippen molar-refractivity contribution in [2.24, 2.45) is 11.8 Å². The van der Waals surface area contributed by atoms with Crippen molar-refractivity contribution in [3.63, 3.8) is 0 Å². The van der Waals surface area contributed by atoms with E-state index in [2.05, 4.69) is 30.8 Å². The van der Waals surface area contributed by atoms with E-state index in [0.29, 0.717) is 0 Å². The molecule has 2 heteroatoms. The molecule has 2 nitrogen and oxygen atoms in total. The van der Waals surface area contributed by atoms with Gasteiger partial charge in [0.25, 0.3) is 0 Å². The summed E-state index contributed by atoms with van der Waals surface area (Å²) in [6.07, 6.45) is 5.68. The first-order valence-corrected chi connectivity index (χ1v) is 6.54. The third-order valence-corrected chi connectivity index (χ3v) is 4.36. The average Bonchev–Trinajstić information content (AvgIpc) is 2.17. The molecule has 2 aliphatic rings. The Morgan fingerprint density at radius 3 is 2.33 bits per heavy atom. The van der Waals surface area contributed by atoms with E-state index in [0.717, 1.165) is 17.9 Å². The molecule has 0 aromatic heterocycles. The summed E-state index contributed by atoms with van der Waals surface area (Å²) >= 11 is 0. The van der Waals surface area contributed by atoms with E-state index >= 15 is 0 Å². The van der Waals surface area contributed by atoms with Crippen LogP contribution < -0.4 is 0 Å². The Labute approximate surface area is 94.6 Å². The summed E-state index contributed by atoms with van der Waals surface area (Å²) < 4.78 is 0. The van der Waals surface area contributed by atoms with Crippen molar-refractivity contribution >= 4 is 0 Å². The Morgan fingerprint density at radius 1 is 1.20 bits per heavy atom. The number of nitrogens with zero attached hydrogens (tertiary/aromatic N) is 2. The number of hydrogen-bond acceptors (Lipinski definition) is 2. The van der Waals surface area contributed by atoms with Gasteiger partial charge in [-0.15, -0.1) is 0 Å². The number of hydrogen-bond donors (Lipinski definition) is 0. The van der Waals surface area contributed by atoms with Gasteiger partial charge in [-0.1, -0.05) is 6.92 Å². The minimum Gasteiger partial charge on any atom is -0.306 e. The molecule has 1 aliphatic heterocycles. The third kappa shape index (κ3) is 2.94. The van der Waals surface area contributed by atoms with E-state index in [1.54, 1.807) is 0 Å². The lowest BCUT2D eigenvalue weighted by atomic mass is 9.80. The minimum atomic E-state index is 0.902. The molecule has 1 aliphatic carbocycles. The molecule has 15 heavy (non-hydrogen) atoms. The largest absolute Gasteiger partial charge is 0.306 e. The lowest BCUT2D eigenvalue weighted by Gasteiger charge is -2.42. The SMILES string of the molecule is CN1CCC(CN(C)[C@H]2C[C@@H](C)C2)CC1. The second kappa shape index (κ2) is 4.84. The van der Waals surface area contributed by atoms with Crippen molar-refractivity contribution in [2.45, 2.75) is 38.6 Å². The molecule has 1 heterocycles. The van der Waals surface area contributed by atoms with Crippen molar-refractivity contribution in [3.8, 4) is 0 Å².